The number of piperazine rings is 1. The van der Waals surface area contributed by atoms with E-state index < -0.39 is 0 Å². The van der Waals surface area contributed by atoms with Gasteiger partial charge in [0.1, 0.15) is 0 Å². The average molecular weight is 170 g/mol. The fourth-order valence-electron chi connectivity index (χ4n) is 1.24. The Bertz CT molecular complexity index is 175. The van der Waals surface area contributed by atoms with E-state index >= 15 is 0 Å². The Balaban J connectivity index is 2.34. The van der Waals surface area contributed by atoms with E-state index in [0.29, 0.717) is 13.1 Å². The lowest BCUT2D eigenvalue weighted by Crippen LogP contribution is -2.51. The van der Waals surface area contributed by atoms with Gasteiger partial charge in [0, 0.05) is 0 Å². The summed E-state index contributed by atoms with van der Waals surface area (Å²) in [7, 11) is 0. The maximum absolute atomic E-state index is 10.9. The minimum atomic E-state index is -0.178. The van der Waals surface area contributed by atoms with Crippen LogP contribution < -0.4 is 5.32 Å². The summed E-state index contributed by atoms with van der Waals surface area (Å²) < 4.78 is 0. The molecule has 1 heterocycles. The van der Waals surface area contributed by atoms with Gasteiger partial charge in [0.2, 0.25) is 11.8 Å². The fourth-order valence-corrected chi connectivity index (χ4v) is 1.24. The average Bonchev–Trinajstić information content (AvgIpc) is 1.99. The van der Waals surface area contributed by atoms with Crippen molar-refractivity contribution < 1.29 is 9.59 Å². The van der Waals surface area contributed by atoms with Crippen LogP contribution in [0.1, 0.15) is 19.8 Å². The van der Waals surface area contributed by atoms with Crippen LogP contribution in [0, 0.1) is 0 Å². The molecule has 1 rings (SSSR count). The number of unbranched alkanes of at least 4 members (excludes halogenated alkanes) is 1. The molecule has 1 aliphatic heterocycles. The van der Waals surface area contributed by atoms with E-state index in [4.69, 9.17) is 0 Å². The third-order valence-electron chi connectivity index (χ3n) is 1.84. The van der Waals surface area contributed by atoms with Gasteiger partial charge in [-0.3, -0.25) is 19.8 Å². The van der Waals surface area contributed by atoms with Gasteiger partial charge in [-0.2, -0.15) is 0 Å². The molecule has 1 fully saturated rings. The second kappa shape index (κ2) is 4.21. The summed E-state index contributed by atoms with van der Waals surface area (Å²) in [5, 5.41) is 2.27. The minimum Gasteiger partial charge on any atom is -0.294 e. The van der Waals surface area contributed by atoms with Gasteiger partial charge in [-0.15, -0.1) is 0 Å². The van der Waals surface area contributed by atoms with E-state index in [9.17, 15) is 9.59 Å². The molecule has 68 valence electrons. The predicted molar refractivity (Wildman–Crippen MR) is 44.5 cm³/mol. The number of carbonyl (C=O) groups is 2. The van der Waals surface area contributed by atoms with Crippen LogP contribution in [0.15, 0.2) is 0 Å². The molecule has 4 nitrogen and oxygen atoms in total. The predicted octanol–water partition coefficient (Wildman–Crippen LogP) is -0.255. The fraction of sp³-hybridized carbons (Fsp3) is 0.750. The maximum atomic E-state index is 10.9. The van der Waals surface area contributed by atoms with Crippen LogP contribution in [0.5, 0.6) is 0 Å². The first-order valence-corrected chi connectivity index (χ1v) is 4.27. The zero-order valence-corrected chi connectivity index (χ0v) is 7.30. The maximum Gasteiger partial charge on any atom is 0.240 e. The normalized spacial score (nSPS) is 19.4. The molecule has 0 aromatic rings. The Kier molecular flexibility index (Phi) is 3.22. The van der Waals surface area contributed by atoms with Crippen LogP contribution in [0.3, 0.4) is 0 Å². The lowest BCUT2D eigenvalue weighted by Gasteiger charge is -2.24. The molecule has 0 spiro atoms. The van der Waals surface area contributed by atoms with E-state index in [1.165, 1.54) is 0 Å². The molecule has 0 aromatic heterocycles. The van der Waals surface area contributed by atoms with Crippen LogP contribution >= 0.6 is 0 Å². The molecular weight excluding hydrogens is 156 g/mol. The van der Waals surface area contributed by atoms with Gasteiger partial charge < -0.3 is 0 Å². The molecule has 0 saturated carbocycles. The molecule has 0 bridgehead atoms. The van der Waals surface area contributed by atoms with Crippen molar-refractivity contribution in [3.63, 3.8) is 0 Å². The van der Waals surface area contributed by atoms with E-state index in [2.05, 4.69) is 12.2 Å². The van der Waals surface area contributed by atoms with Gasteiger partial charge in [0.05, 0.1) is 13.1 Å². The van der Waals surface area contributed by atoms with Crippen molar-refractivity contribution in [2.45, 2.75) is 19.8 Å². The number of hydrogen-bond donors (Lipinski definition) is 1. The Morgan fingerprint density at radius 2 is 1.92 bits per heavy atom. The molecule has 0 unspecified atom stereocenters. The Labute approximate surface area is 71.9 Å². The van der Waals surface area contributed by atoms with Gasteiger partial charge in [-0.25, -0.2) is 0 Å². The number of nitrogens with one attached hydrogen (secondary N) is 1. The zero-order valence-electron chi connectivity index (χ0n) is 7.30. The zero-order chi connectivity index (χ0) is 8.97. The largest absolute Gasteiger partial charge is 0.294 e. The van der Waals surface area contributed by atoms with Gasteiger partial charge in [0.15, 0.2) is 0 Å². The monoisotopic (exact) mass is 170 g/mol. The number of rotatable bonds is 3. The number of carbonyl (C=O) groups excluding carboxylic acids is 2. The van der Waals surface area contributed by atoms with Crippen molar-refractivity contribution in [2.75, 3.05) is 19.6 Å². The van der Waals surface area contributed by atoms with Crippen molar-refractivity contribution in [3.8, 4) is 0 Å². The molecule has 1 N–H and O–H groups in total. The summed E-state index contributed by atoms with van der Waals surface area (Å²) in [5.41, 5.74) is 0. The summed E-state index contributed by atoms with van der Waals surface area (Å²) in [5.74, 6) is -0.357. The number of hydrogen-bond acceptors (Lipinski definition) is 3. The van der Waals surface area contributed by atoms with Crippen molar-refractivity contribution in [2.24, 2.45) is 0 Å². The molecule has 1 saturated heterocycles. The Hall–Kier alpha value is -0.900. The standard InChI is InChI=1S/C8H14N2O2/c1-2-3-4-10-5-7(11)9-8(12)6-10/h2-6H2,1H3,(H,9,11,12). The summed E-state index contributed by atoms with van der Waals surface area (Å²) in [6.07, 6.45) is 2.13. The Morgan fingerprint density at radius 1 is 1.33 bits per heavy atom. The quantitative estimate of drug-likeness (QED) is 0.594. The molecule has 4 heteroatoms. The topological polar surface area (TPSA) is 49.4 Å². The van der Waals surface area contributed by atoms with Crippen molar-refractivity contribution in [1.82, 2.24) is 10.2 Å². The molecule has 1 aliphatic rings. The first kappa shape index (κ1) is 9.19. The highest BCUT2D eigenvalue weighted by atomic mass is 16.2. The lowest BCUT2D eigenvalue weighted by molar-refractivity contribution is -0.136. The highest BCUT2D eigenvalue weighted by Gasteiger charge is 2.21. The molecule has 12 heavy (non-hydrogen) atoms. The SMILES string of the molecule is CCCCN1CC(=O)NC(=O)C1. The molecule has 0 aromatic carbocycles. The van der Waals surface area contributed by atoms with Crippen molar-refractivity contribution in [1.29, 1.82) is 0 Å². The summed E-state index contributed by atoms with van der Waals surface area (Å²) >= 11 is 0. The van der Waals surface area contributed by atoms with E-state index in [1.807, 2.05) is 4.90 Å². The molecule has 0 radical (unpaired) electrons. The second-order valence-electron chi connectivity index (χ2n) is 3.04. The second-order valence-corrected chi connectivity index (χ2v) is 3.04. The van der Waals surface area contributed by atoms with Crippen molar-refractivity contribution >= 4 is 11.8 Å². The van der Waals surface area contributed by atoms with E-state index in [0.717, 1.165) is 19.4 Å². The lowest BCUT2D eigenvalue weighted by atomic mass is 10.3. The van der Waals surface area contributed by atoms with E-state index in [1.54, 1.807) is 0 Å². The van der Waals surface area contributed by atoms with Crippen LogP contribution in [0.25, 0.3) is 0 Å². The highest BCUT2D eigenvalue weighted by molar-refractivity contribution is 5.99. The first-order valence-electron chi connectivity index (χ1n) is 4.27. The van der Waals surface area contributed by atoms with E-state index in [-0.39, 0.29) is 11.8 Å². The first-order chi connectivity index (χ1) is 5.72. The highest BCUT2D eigenvalue weighted by Crippen LogP contribution is 1.97. The molecule has 2 amide bonds. The van der Waals surface area contributed by atoms with Crippen LogP contribution in [0.4, 0.5) is 0 Å². The van der Waals surface area contributed by atoms with Crippen LogP contribution in [0.2, 0.25) is 0 Å². The summed E-state index contributed by atoms with van der Waals surface area (Å²) in [6, 6.07) is 0. The number of amides is 2. The molecular formula is C8H14N2O2. The molecule has 0 aliphatic carbocycles. The number of nitrogens with zero attached hydrogens (tertiary/aromatic N) is 1. The smallest absolute Gasteiger partial charge is 0.240 e. The summed E-state index contributed by atoms with van der Waals surface area (Å²) in [6.45, 7) is 3.67. The third-order valence-corrected chi connectivity index (χ3v) is 1.84. The Morgan fingerprint density at radius 3 is 2.42 bits per heavy atom. The summed E-state index contributed by atoms with van der Waals surface area (Å²) in [4.78, 5) is 23.6. The van der Waals surface area contributed by atoms with Crippen LogP contribution in [-0.2, 0) is 9.59 Å². The van der Waals surface area contributed by atoms with Crippen LogP contribution in [-0.4, -0.2) is 36.3 Å². The van der Waals surface area contributed by atoms with Crippen molar-refractivity contribution in [3.05, 3.63) is 0 Å². The molecule has 0 atom stereocenters. The van der Waals surface area contributed by atoms with Gasteiger partial charge in [0.25, 0.3) is 0 Å². The van der Waals surface area contributed by atoms with Gasteiger partial charge >= 0.3 is 0 Å². The van der Waals surface area contributed by atoms with Gasteiger partial charge in [-0.05, 0) is 13.0 Å². The third kappa shape index (κ3) is 2.62. The van der Waals surface area contributed by atoms with Gasteiger partial charge in [-0.1, -0.05) is 13.3 Å². The minimum absolute atomic E-state index is 0.178. The number of imide groups is 1.